The molecule has 0 unspecified atom stereocenters. The van der Waals surface area contributed by atoms with Gasteiger partial charge in [-0.05, 0) is 157 Å². The highest BCUT2D eigenvalue weighted by molar-refractivity contribution is 6.30. The molecule has 8 nitrogen and oxygen atoms in total. The first-order valence-electron chi connectivity index (χ1n) is 42.3. The summed E-state index contributed by atoms with van der Waals surface area (Å²) >= 11 is 5.95. The fraction of sp³-hybridized carbons (Fsp3) is 0. The number of nitrogens with one attached hydrogen (secondary N) is 1. The van der Waals surface area contributed by atoms with Crippen molar-refractivity contribution < 1.29 is 0 Å². The summed E-state index contributed by atoms with van der Waals surface area (Å²) in [6.45, 7) is 0. The highest BCUT2D eigenvalue weighted by Gasteiger charge is 2.29. The molecule has 0 aliphatic heterocycles. The first-order valence-corrected chi connectivity index (χ1v) is 42.6. The van der Waals surface area contributed by atoms with Gasteiger partial charge in [0, 0.05) is 98.9 Å². The lowest BCUT2D eigenvalue weighted by molar-refractivity contribution is 1.02. The number of fused-ring (bicyclic) bond motifs is 22. The van der Waals surface area contributed by atoms with Crippen LogP contribution >= 0.6 is 11.6 Å². The minimum atomic E-state index is 0.280. The van der Waals surface area contributed by atoms with Crippen molar-refractivity contribution in [1.82, 2.24) is 38.6 Å². The van der Waals surface area contributed by atoms with Gasteiger partial charge in [0.25, 0.3) is 0 Å². The monoisotopic (exact) mass is 1610 g/mol. The number of hydrogen-bond acceptors (Lipinski definition) is 4. The Kier molecular flexibility index (Phi) is 17.4. The first-order chi connectivity index (χ1) is 62.0. The lowest BCUT2D eigenvalue weighted by Gasteiger charge is -2.16. The van der Waals surface area contributed by atoms with Gasteiger partial charge in [-0.1, -0.05) is 328 Å². The smallest absolute Gasteiger partial charge is 0.235 e. The van der Waals surface area contributed by atoms with Crippen molar-refractivity contribution in [1.29, 1.82) is 0 Å². The van der Waals surface area contributed by atoms with Crippen molar-refractivity contribution in [2.24, 2.45) is 0 Å². The molecule has 0 saturated heterocycles. The quantitative estimate of drug-likeness (QED) is 0.115. The van der Waals surface area contributed by atoms with E-state index in [2.05, 4.69) is 399 Å². The Morgan fingerprint density at radius 1 is 0.256 bits per heavy atom. The molecular formula is C116H72ClN8+. The van der Waals surface area contributed by atoms with Crippen LogP contribution in [0.3, 0.4) is 0 Å². The predicted octanol–water partition coefficient (Wildman–Crippen LogP) is 30.8. The number of rotatable bonds is 9. The van der Waals surface area contributed by atoms with E-state index in [0.717, 1.165) is 88.4 Å². The molecule has 0 radical (unpaired) electrons. The van der Waals surface area contributed by atoms with Crippen LogP contribution in [0.2, 0.25) is 5.28 Å². The third-order valence-electron chi connectivity index (χ3n) is 25.0. The second-order valence-electron chi connectivity index (χ2n) is 31.9. The molecule has 1 N–H and O–H groups in total. The number of halogens is 1. The molecule has 9 heteroatoms. The third-order valence-corrected chi connectivity index (χ3v) is 25.2. The number of hydrogen-bond donors (Lipinski definition) is 1. The third kappa shape index (κ3) is 12.2. The van der Waals surface area contributed by atoms with Crippen LogP contribution in [0.25, 0.3) is 238 Å². The molecule has 0 amide bonds. The van der Waals surface area contributed by atoms with Gasteiger partial charge in [-0.2, -0.15) is 0 Å². The van der Waals surface area contributed by atoms with E-state index >= 15 is 0 Å². The van der Waals surface area contributed by atoms with E-state index in [4.69, 9.17) is 21.6 Å². The van der Waals surface area contributed by atoms with Crippen LogP contribution in [0.15, 0.2) is 419 Å². The van der Waals surface area contributed by atoms with E-state index in [1.807, 2.05) is 66.7 Å². The summed E-state index contributed by atoms with van der Waals surface area (Å²) in [7, 11) is 0. The predicted molar refractivity (Wildman–Crippen MR) is 525 cm³/mol. The topological polar surface area (TPSA) is 82.1 Å². The van der Waals surface area contributed by atoms with Gasteiger partial charge in [0.1, 0.15) is 23.3 Å². The molecule has 0 atom stereocenters. The van der Waals surface area contributed by atoms with Crippen molar-refractivity contribution in [3.8, 4) is 84.3 Å². The maximum absolute atomic E-state index is 5.95. The molecule has 125 heavy (non-hydrogen) atoms. The van der Waals surface area contributed by atoms with E-state index in [-0.39, 0.29) is 5.28 Å². The van der Waals surface area contributed by atoms with Gasteiger partial charge in [0.05, 0.1) is 72.5 Å². The summed E-state index contributed by atoms with van der Waals surface area (Å²) in [6.07, 6.45) is 9.87. The van der Waals surface area contributed by atoms with Crippen LogP contribution in [-0.2, 0) is 0 Å². The zero-order chi connectivity index (χ0) is 82.6. The molecule has 1 aliphatic carbocycles. The summed E-state index contributed by atoms with van der Waals surface area (Å²) in [4.78, 5) is 23.0. The number of allylic oxidation sites excluding steroid dienone is 2. The highest BCUT2D eigenvalue weighted by atomic mass is 35.5. The number of nitrogens with zero attached hydrogens (tertiary/aromatic N) is 7. The number of H-pyrrole nitrogens is 1. The first kappa shape index (κ1) is 72.5. The van der Waals surface area contributed by atoms with Crippen molar-refractivity contribution in [2.45, 2.75) is 0 Å². The van der Waals surface area contributed by atoms with Crippen LogP contribution in [0, 0.1) is 6.08 Å². The standard InChI is InChI=1S/C58H36N4.C44H27N2.C14H9ClN2/c1-3-17-37(18-4-1)38-31-33-40(34-32-38)61-53-30-16-13-27-47(53)55-44-24-9-7-21-41(44)49(36-54(55)61)48-35-50-43-23-12-15-29-52(43)62(57(50)45-25-10-8-22-42(45)48)58-59-51-28-14-11-26-46(51)56(60-58)39-19-5-2-6-20-39;1-2-12-28(13-3-1)29-22-24-30(25-23-29)46-41-21-11-9-19-36(41)43-34-17-6-4-14-31(34)38(27-42(43)46)37-26-39-33-16-8-10-20-40(33)45-44(39)35-18-7-5-15-32(35)37;15-14-16-12-9-5-4-8-11(12)13(17-14)10-6-2-1-3-7-10/h1-36H;1-5,7-27,45H;1-9H/q;+1;. The van der Waals surface area contributed by atoms with Gasteiger partial charge in [-0.3, -0.25) is 4.57 Å². The molecule has 0 fully saturated rings. The molecule has 6 heterocycles. The van der Waals surface area contributed by atoms with Crippen LogP contribution in [0.4, 0.5) is 0 Å². The number of benzene rings is 19. The molecule has 0 spiro atoms. The highest BCUT2D eigenvalue weighted by Crippen LogP contribution is 2.50. The van der Waals surface area contributed by atoms with Crippen LogP contribution < -0.4 is 0 Å². The van der Waals surface area contributed by atoms with E-state index in [1.165, 1.54) is 142 Å². The van der Waals surface area contributed by atoms with Gasteiger partial charge in [-0.15, -0.1) is 0 Å². The van der Waals surface area contributed by atoms with Gasteiger partial charge in [0.15, 0.2) is 0 Å². The average Bonchev–Trinajstić information content (AvgIpc) is 1.58. The lowest BCUT2D eigenvalue weighted by atomic mass is 9.87. The second-order valence-corrected chi connectivity index (χ2v) is 32.3. The Labute approximate surface area is 724 Å². The van der Waals surface area contributed by atoms with Crippen molar-refractivity contribution >= 4 is 165 Å². The molecule has 19 aromatic carbocycles. The average molecular weight is 1610 g/mol. The van der Waals surface area contributed by atoms with Gasteiger partial charge in [0.2, 0.25) is 11.2 Å². The SMILES string of the molecule is Clc1nc(-c2ccccc2)c2ccccc2n1.[C+]1=Cc2c(c(-c3cc4c5ccccc5[nH]c4c4ccccc34)cc3c2c2ccccc2n3-c2ccc(-c3ccccc3)cc2)C=C1.c1ccc(-c2ccc(-n3c4ccccc4c4c5ccccc5c(-c5cc6c7ccccc7n(-c7nc(-c8ccccc8)c8ccccc8n7)c6c6ccccc56)cc43)cc2)cc1. The fourth-order valence-corrected chi connectivity index (χ4v) is 19.6. The van der Waals surface area contributed by atoms with Crippen molar-refractivity contribution in [3.63, 3.8) is 0 Å². The van der Waals surface area contributed by atoms with Crippen LogP contribution in [-0.4, -0.2) is 38.6 Å². The Morgan fingerprint density at radius 2 is 0.656 bits per heavy atom. The normalized spacial score (nSPS) is 11.9. The largest absolute Gasteiger partial charge is 0.354 e. The number of aromatic nitrogens is 8. The minimum Gasteiger partial charge on any atom is -0.354 e. The molecule has 6 aromatic heterocycles. The van der Waals surface area contributed by atoms with Gasteiger partial charge in [-0.25, -0.2) is 19.9 Å². The lowest BCUT2D eigenvalue weighted by Crippen LogP contribution is -2.03. The van der Waals surface area contributed by atoms with Crippen LogP contribution in [0.5, 0.6) is 0 Å². The summed E-state index contributed by atoms with van der Waals surface area (Å²) in [5.41, 5.74) is 29.4. The maximum atomic E-state index is 5.95. The number of aromatic amines is 1. The van der Waals surface area contributed by atoms with Gasteiger partial charge >= 0.3 is 0 Å². The van der Waals surface area contributed by atoms with Crippen molar-refractivity contribution in [2.75, 3.05) is 0 Å². The Hall–Kier alpha value is -16.5. The van der Waals surface area contributed by atoms with Crippen molar-refractivity contribution in [3.05, 3.63) is 441 Å². The molecule has 26 rings (SSSR count). The fourth-order valence-electron chi connectivity index (χ4n) is 19.5. The molecule has 0 bridgehead atoms. The molecular weight excluding hydrogens is 1540 g/mol. The van der Waals surface area contributed by atoms with E-state index < -0.39 is 0 Å². The van der Waals surface area contributed by atoms with Crippen LogP contribution in [0.1, 0.15) is 11.1 Å². The summed E-state index contributed by atoms with van der Waals surface area (Å²) < 4.78 is 7.17. The van der Waals surface area contributed by atoms with E-state index in [9.17, 15) is 0 Å². The second kappa shape index (κ2) is 30.0. The Balaban J connectivity index is 0.000000121. The maximum Gasteiger partial charge on any atom is 0.235 e. The number of para-hydroxylation sites is 6. The molecule has 582 valence electrons. The minimum absolute atomic E-state index is 0.280. The molecule has 1 aliphatic rings. The Bertz CT molecular complexity index is 8700. The summed E-state index contributed by atoms with van der Waals surface area (Å²) in [6, 6.07) is 147. The Morgan fingerprint density at radius 3 is 1.25 bits per heavy atom. The summed E-state index contributed by atoms with van der Waals surface area (Å²) in [5.74, 6) is 0.654. The zero-order valence-corrected chi connectivity index (χ0v) is 68.3. The van der Waals surface area contributed by atoms with E-state index in [1.54, 1.807) is 0 Å². The van der Waals surface area contributed by atoms with Gasteiger partial charge < -0.3 is 14.1 Å². The van der Waals surface area contributed by atoms with E-state index in [0.29, 0.717) is 5.95 Å². The molecule has 25 aromatic rings. The summed E-state index contributed by atoms with van der Waals surface area (Å²) in [5, 5.41) is 19.4. The molecule has 0 saturated carbocycles. The zero-order valence-electron chi connectivity index (χ0n) is 67.5.